The molecule has 3 aromatic rings. The van der Waals surface area contributed by atoms with E-state index in [1.807, 2.05) is 19.9 Å². The zero-order valence-corrected chi connectivity index (χ0v) is 16.0. The number of hydrogen-bond acceptors (Lipinski definition) is 5. The number of aryl methyl sites for hydroxylation is 2. The Morgan fingerprint density at radius 2 is 1.75 bits per heavy atom. The molecule has 0 spiro atoms. The SMILES string of the molecule is Cc1cc(C)n(-c2cncc(N3CCC(C(=O)c4ccc(F)cc4)CC3)n2)n1. The lowest BCUT2D eigenvalue weighted by atomic mass is 9.89. The Hall–Kier alpha value is -3.09. The highest BCUT2D eigenvalue weighted by molar-refractivity contribution is 5.97. The lowest BCUT2D eigenvalue weighted by Gasteiger charge is -2.32. The molecule has 2 aromatic heterocycles. The van der Waals surface area contributed by atoms with Gasteiger partial charge in [-0.25, -0.2) is 14.1 Å². The second-order valence-corrected chi connectivity index (χ2v) is 7.21. The lowest BCUT2D eigenvalue weighted by Crippen LogP contribution is -2.37. The minimum absolute atomic E-state index is 0.0473. The molecule has 6 nitrogen and oxygen atoms in total. The first-order valence-electron chi connectivity index (χ1n) is 9.41. The van der Waals surface area contributed by atoms with Crippen LogP contribution in [0.2, 0.25) is 0 Å². The van der Waals surface area contributed by atoms with Crippen molar-refractivity contribution in [3.05, 3.63) is 65.5 Å². The average molecular weight is 379 g/mol. The van der Waals surface area contributed by atoms with E-state index in [-0.39, 0.29) is 17.5 Å². The Kier molecular flexibility index (Phi) is 4.90. The predicted molar refractivity (Wildman–Crippen MR) is 104 cm³/mol. The number of anilines is 1. The molecule has 0 aliphatic carbocycles. The number of aromatic nitrogens is 4. The highest BCUT2D eigenvalue weighted by atomic mass is 19.1. The minimum atomic E-state index is -0.326. The van der Waals surface area contributed by atoms with Gasteiger partial charge in [-0.1, -0.05) is 0 Å². The quantitative estimate of drug-likeness (QED) is 0.649. The number of benzene rings is 1. The molecule has 1 aliphatic heterocycles. The van der Waals surface area contributed by atoms with Crippen LogP contribution in [-0.2, 0) is 0 Å². The van der Waals surface area contributed by atoms with Gasteiger partial charge in [-0.05, 0) is 57.0 Å². The first kappa shape index (κ1) is 18.3. The van der Waals surface area contributed by atoms with Gasteiger partial charge in [0.2, 0.25) is 0 Å². The molecule has 28 heavy (non-hydrogen) atoms. The van der Waals surface area contributed by atoms with E-state index in [1.165, 1.54) is 12.1 Å². The summed E-state index contributed by atoms with van der Waals surface area (Å²) in [5.41, 5.74) is 2.52. The molecule has 3 heterocycles. The van der Waals surface area contributed by atoms with Crippen LogP contribution in [0, 0.1) is 25.6 Å². The van der Waals surface area contributed by atoms with Gasteiger partial charge in [0.15, 0.2) is 11.6 Å². The summed E-state index contributed by atoms with van der Waals surface area (Å²) in [6.45, 7) is 5.39. The fourth-order valence-corrected chi connectivity index (χ4v) is 3.68. The number of nitrogens with zero attached hydrogens (tertiary/aromatic N) is 5. The summed E-state index contributed by atoms with van der Waals surface area (Å²) < 4.78 is 14.9. The van der Waals surface area contributed by atoms with Gasteiger partial charge in [0, 0.05) is 30.3 Å². The van der Waals surface area contributed by atoms with E-state index < -0.39 is 0 Å². The van der Waals surface area contributed by atoms with Crippen LogP contribution in [0.15, 0.2) is 42.7 Å². The molecule has 1 saturated heterocycles. The van der Waals surface area contributed by atoms with Crippen molar-refractivity contribution >= 4 is 11.6 Å². The molecule has 0 bridgehead atoms. The number of carbonyl (C=O) groups is 1. The summed E-state index contributed by atoms with van der Waals surface area (Å²) in [6, 6.07) is 7.80. The molecule has 0 saturated carbocycles. The number of rotatable bonds is 4. The van der Waals surface area contributed by atoms with Crippen molar-refractivity contribution < 1.29 is 9.18 Å². The Labute approximate surface area is 163 Å². The van der Waals surface area contributed by atoms with Crippen LogP contribution in [0.25, 0.3) is 5.82 Å². The minimum Gasteiger partial charge on any atom is -0.355 e. The summed E-state index contributed by atoms with van der Waals surface area (Å²) in [6.07, 6.45) is 4.93. The molecule has 0 amide bonds. The molecule has 1 aliphatic rings. The van der Waals surface area contributed by atoms with Crippen LogP contribution in [0.1, 0.15) is 34.6 Å². The van der Waals surface area contributed by atoms with Crippen molar-refractivity contribution in [3.63, 3.8) is 0 Å². The summed E-state index contributed by atoms with van der Waals surface area (Å²) >= 11 is 0. The fourth-order valence-electron chi connectivity index (χ4n) is 3.68. The molecular formula is C21H22FN5O. The first-order chi connectivity index (χ1) is 13.5. The smallest absolute Gasteiger partial charge is 0.174 e. The maximum atomic E-state index is 13.1. The third-order valence-corrected chi connectivity index (χ3v) is 5.15. The summed E-state index contributed by atoms with van der Waals surface area (Å²) in [4.78, 5) is 23.8. The van der Waals surface area contributed by atoms with Crippen molar-refractivity contribution in [1.82, 2.24) is 19.7 Å². The second kappa shape index (κ2) is 7.50. The van der Waals surface area contributed by atoms with E-state index in [4.69, 9.17) is 4.98 Å². The molecule has 4 rings (SSSR count). The van der Waals surface area contributed by atoms with Crippen LogP contribution in [-0.4, -0.2) is 38.6 Å². The number of Topliss-reactive ketones (excluding diaryl/α,β-unsaturated/α-hetero) is 1. The molecule has 0 atom stereocenters. The number of halogens is 1. The molecule has 1 aromatic carbocycles. The van der Waals surface area contributed by atoms with E-state index in [9.17, 15) is 9.18 Å². The van der Waals surface area contributed by atoms with Crippen molar-refractivity contribution in [2.24, 2.45) is 5.92 Å². The topological polar surface area (TPSA) is 63.9 Å². The number of piperidine rings is 1. The molecule has 144 valence electrons. The Balaban J connectivity index is 1.45. The van der Waals surface area contributed by atoms with Crippen LogP contribution in [0.3, 0.4) is 0 Å². The van der Waals surface area contributed by atoms with E-state index >= 15 is 0 Å². The Bertz CT molecular complexity index is 990. The van der Waals surface area contributed by atoms with Crippen molar-refractivity contribution in [2.45, 2.75) is 26.7 Å². The normalized spacial score (nSPS) is 15.0. The van der Waals surface area contributed by atoms with Crippen molar-refractivity contribution in [2.75, 3.05) is 18.0 Å². The van der Waals surface area contributed by atoms with E-state index in [0.29, 0.717) is 11.4 Å². The lowest BCUT2D eigenvalue weighted by molar-refractivity contribution is 0.0900. The van der Waals surface area contributed by atoms with Gasteiger partial charge in [-0.3, -0.25) is 9.78 Å². The number of ketones is 1. The van der Waals surface area contributed by atoms with Gasteiger partial charge < -0.3 is 4.90 Å². The maximum Gasteiger partial charge on any atom is 0.174 e. The average Bonchev–Trinajstić information content (AvgIpc) is 3.06. The fraction of sp³-hybridized carbons (Fsp3) is 0.333. The largest absolute Gasteiger partial charge is 0.355 e. The Morgan fingerprint density at radius 1 is 1.07 bits per heavy atom. The summed E-state index contributed by atoms with van der Waals surface area (Å²) in [5.74, 6) is 1.19. The first-order valence-corrected chi connectivity index (χ1v) is 9.41. The highest BCUT2D eigenvalue weighted by Crippen LogP contribution is 2.25. The molecule has 1 fully saturated rings. The molecule has 7 heteroatoms. The molecule has 0 N–H and O–H groups in total. The highest BCUT2D eigenvalue weighted by Gasteiger charge is 2.26. The van der Waals surface area contributed by atoms with Gasteiger partial charge in [0.25, 0.3) is 0 Å². The van der Waals surface area contributed by atoms with Crippen LogP contribution in [0.5, 0.6) is 0 Å². The zero-order valence-electron chi connectivity index (χ0n) is 16.0. The van der Waals surface area contributed by atoms with Gasteiger partial charge >= 0.3 is 0 Å². The van der Waals surface area contributed by atoms with Crippen LogP contribution < -0.4 is 4.90 Å². The van der Waals surface area contributed by atoms with Crippen LogP contribution in [0.4, 0.5) is 10.2 Å². The van der Waals surface area contributed by atoms with Crippen molar-refractivity contribution in [1.29, 1.82) is 0 Å². The molecule has 0 radical (unpaired) electrons. The van der Waals surface area contributed by atoms with E-state index in [2.05, 4.69) is 15.0 Å². The third kappa shape index (κ3) is 3.65. The predicted octanol–water partition coefficient (Wildman–Crippen LogP) is 3.52. The monoisotopic (exact) mass is 379 g/mol. The third-order valence-electron chi connectivity index (χ3n) is 5.15. The number of carbonyl (C=O) groups excluding carboxylic acids is 1. The maximum absolute atomic E-state index is 13.1. The summed E-state index contributed by atoms with van der Waals surface area (Å²) in [5, 5.41) is 4.47. The van der Waals surface area contributed by atoms with E-state index in [1.54, 1.807) is 29.2 Å². The van der Waals surface area contributed by atoms with Gasteiger partial charge in [0.05, 0.1) is 18.1 Å². The zero-order chi connectivity index (χ0) is 19.7. The number of hydrogen-bond donors (Lipinski definition) is 0. The van der Waals surface area contributed by atoms with E-state index in [0.717, 1.165) is 43.1 Å². The van der Waals surface area contributed by atoms with Crippen LogP contribution >= 0.6 is 0 Å². The molecular weight excluding hydrogens is 357 g/mol. The summed E-state index contributed by atoms with van der Waals surface area (Å²) in [7, 11) is 0. The van der Waals surface area contributed by atoms with Gasteiger partial charge in [-0.2, -0.15) is 5.10 Å². The van der Waals surface area contributed by atoms with Crippen molar-refractivity contribution in [3.8, 4) is 5.82 Å². The standard InChI is InChI=1S/C21H22FN5O/c1-14-11-15(2)27(25-14)20-13-23-12-19(24-20)26-9-7-17(8-10-26)21(28)16-3-5-18(22)6-4-16/h3-6,11-13,17H,7-10H2,1-2H3. The molecule has 0 unspecified atom stereocenters. The Morgan fingerprint density at radius 3 is 2.39 bits per heavy atom. The van der Waals surface area contributed by atoms with Gasteiger partial charge in [-0.15, -0.1) is 0 Å². The van der Waals surface area contributed by atoms with Gasteiger partial charge in [0.1, 0.15) is 11.6 Å². The second-order valence-electron chi connectivity index (χ2n) is 7.21.